The van der Waals surface area contributed by atoms with E-state index < -0.39 is 22.5 Å². The summed E-state index contributed by atoms with van der Waals surface area (Å²) >= 11 is 20.9. The molecule has 2 saturated heterocycles. The molecule has 4 N–H and O–H groups in total. The maximum atomic E-state index is 12.7. The van der Waals surface area contributed by atoms with Gasteiger partial charge in [-0.3, -0.25) is 26.8 Å². The highest BCUT2D eigenvalue weighted by Crippen LogP contribution is 2.45. The molecule has 2 aliphatic heterocycles. The molecule has 84 heavy (non-hydrogen) atoms. The van der Waals surface area contributed by atoms with E-state index in [9.17, 15) is 27.1 Å². The fourth-order valence-corrected chi connectivity index (χ4v) is 14.2. The Morgan fingerprint density at radius 2 is 0.976 bits per heavy atom. The van der Waals surface area contributed by atoms with E-state index in [-0.39, 0.29) is 48.4 Å². The molecular formula is C58H78Cl4N10O10S2-2. The van der Waals surface area contributed by atoms with Crippen molar-refractivity contribution >= 4 is 92.4 Å². The van der Waals surface area contributed by atoms with Crippen LogP contribution >= 0.6 is 46.4 Å². The van der Waals surface area contributed by atoms with Gasteiger partial charge in [-0.05, 0) is 163 Å². The number of urea groups is 2. The topological polar surface area (TPSA) is 219 Å². The van der Waals surface area contributed by atoms with Gasteiger partial charge in [-0.1, -0.05) is 46.4 Å². The molecule has 8 rings (SSSR count). The Labute approximate surface area is 519 Å². The van der Waals surface area contributed by atoms with Crippen LogP contribution in [0.3, 0.4) is 0 Å². The van der Waals surface area contributed by atoms with Crippen LogP contribution in [0.5, 0.6) is 11.5 Å². The molecule has 0 aromatic heterocycles. The predicted octanol–water partition coefficient (Wildman–Crippen LogP) is 7.59. The van der Waals surface area contributed by atoms with Gasteiger partial charge in [-0.15, -0.1) is 0 Å². The summed E-state index contributed by atoms with van der Waals surface area (Å²) in [5.41, 5.74) is 6.71. The van der Waals surface area contributed by atoms with Gasteiger partial charge in [-0.25, -0.2) is 9.59 Å². The fourth-order valence-electron chi connectivity index (χ4n) is 11.6. The van der Waals surface area contributed by atoms with Crippen molar-refractivity contribution in [1.29, 1.82) is 0 Å². The molecule has 4 amide bonds. The summed E-state index contributed by atoms with van der Waals surface area (Å²) in [4.78, 5) is 33.3. The Morgan fingerprint density at radius 3 is 1.35 bits per heavy atom. The third kappa shape index (κ3) is 17.3. The van der Waals surface area contributed by atoms with Gasteiger partial charge in [0.15, 0.2) is 0 Å². The van der Waals surface area contributed by atoms with E-state index in [2.05, 4.69) is 40.9 Å². The Kier molecular flexibility index (Phi) is 24.3. The second-order valence-electron chi connectivity index (χ2n) is 22.2. The number of hydrogen-bond donors (Lipinski definition) is 4. The van der Waals surface area contributed by atoms with E-state index in [0.717, 1.165) is 59.3 Å². The lowest BCUT2D eigenvalue weighted by Gasteiger charge is -2.33. The molecule has 20 nitrogen and oxygen atoms in total. The van der Waals surface area contributed by atoms with Gasteiger partial charge in [0.05, 0.1) is 50.6 Å². The van der Waals surface area contributed by atoms with Crippen LogP contribution in [0, 0.1) is 13.8 Å². The summed E-state index contributed by atoms with van der Waals surface area (Å²) in [6.45, 7) is 10.6. The quantitative estimate of drug-likeness (QED) is 0.0304. The SMILES string of the molecule is Cc1cc(N([C@@H]2CCN(CCOCCNC(=O)NCCCCNC(=O)NCCOCCN3CC[C@@H](N(c4ccc(O[C@H]5c6cc(Cl)cc(Cl)c6C[C@@H]5N(C)C)c(C)c4)S(=O)[O-])C3)C2)S(=O)[O-])ccc1O[C@H]1c2cc(Cl)cc(Cl)c2C[C@@H]1N(C)C. The lowest BCUT2D eigenvalue weighted by Crippen LogP contribution is -2.40. The first-order valence-corrected chi connectivity index (χ1v) is 32.1. The Morgan fingerprint density at radius 1 is 0.583 bits per heavy atom. The number of halogens is 4. The summed E-state index contributed by atoms with van der Waals surface area (Å²) < 4.78 is 78.3. The van der Waals surface area contributed by atoms with E-state index in [4.69, 9.17) is 65.4 Å². The third-order valence-corrected chi connectivity index (χ3v) is 18.8. The summed E-state index contributed by atoms with van der Waals surface area (Å²) in [6.07, 6.45) is 3.50. The molecule has 2 fully saturated rings. The normalized spacial score (nSPS) is 21.1. The zero-order valence-corrected chi connectivity index (χ0v) is 53.1. The Balaban J connectivity index is 0.631. The molecule has 4 aliphatic rings. The van der Waals surface area contributed by atoms with E-state index in [0.29, 0.717) is 147 Å². The van der Waals surface area contributed by atoms with E-state index >= 15 is 0 Å². The maximum absolute atomic E-state index is 12.7. The number of rotatable bonds is 29. The van der Waals surface area contributed by atoms with Crippen molar-refractivity contribution in [2.75, 3.05) is 129 Å². The molecule has 4 aromatic rings. The summed E-state index contributed by atoms with van der Waals surface area (Å²) in [7, 11) is 8.03. The van der Waals surface area contributed by atoms with Crippen molar-refractivity contribution < 1.29 is 46.1 Å². The summed E-state index contributed by atoms with van der Waals surface area (Å²) in [5, 5.41) is 13.6. The average molecular weight is 1280 g/mol. The Hall–Kier alpha value is -4.24. The number of nitrogens with one attached hydrogen (secondary N) is 4. The number of fused-ring (bicyclic) bond motifs is 2. The molecule has 2 heterocycles. The van der Waals surface area contributed by atoms with Crippen molar-refractivity contribution in [1.82, 2.24) is 40.9 Å². The van der Waals surface area contributed by atoms with Crippen molar-refractivity contribution in [3.8, 4) is 11.5 Å². The van der Waals surface area contributed by atoms with Crippen LogP contribution in [0.4, 0.5) is 21.0 Å². The number of anilines is 2. The van der Waals surface area contributed by atoms with Crippen LogP contribution in [0.15, 0.2) is 60.7 Å². The van der Waals surface area contributed by atoms with Crippen molar-refractivity contribution in [3.63, 3.8) is 0 Å². The molecule has 8 atom stereocenters. The third-order valence-electron chi connectivity index (χ3n) is 16.0. The first kappa shape index (κ1) is 65.7. The largest absolute Gasteiger partial charge is 0.755 e. The molecule has 0 spiro atoms. The number of aryl methyl sites for hydroxylation is 2. The minimum atomic E-state index is -2.50. The minimum Gasteiger partial charge on any atom is -0.755 e. The molecule has 2 aliphatic carbocycles. The molecular weight excluding hydrogens is 1200 g/mol. The Bertz CT molecular complexity index is 2760. The van der Waals surface area contributed by atoms with Crippen molar-refractivity contribution in [2.24, 2.45) is 0 Å². The van der Waals surface area contributed by atoms with E-state index in [1.807, 2.05) is 78.4 Å². The number of ether oxygens (including phenoxy) is 4. The fraction of sp³-hybridized carbons (Fsp3) is 0.552. The number of unbranched alkanes of at least 4 members (excludes halogenated alkanes) is 1. The number of likely N-dealkylation sites (tertiary alicyclic amines) is 2. The molecule has 0 saturated carbocycles. The lowest BCUT2D eigenvalue weighted by molar-refractivity contribution is 0.110. The maximum Gasteiger partial charge on any atom is 0.314 e. The van der Waals surface area contributed by atoms with Crippen molar-refractivity contribution in [2.45, 2.75) is 88.7 Å². The van der Waals surface area contributed by atoms with Crippen LogP contribution < -0.4 is 39.4 Å². The zero-order valence-electron chi connectivity index (χ0n) is 48.5. The first-order chi connectivity index (χ1) is 40.3. The summed E-state index contributed by atoms with van der Waals surface area (Å²) in [5.74, 6) is 1.31. The van der Waals surface area contributed by atoms with Crippen LogP contribution in [-0.2, 0) is 44.8 Å². The second-order valence-corrected chi connectivity index (χ2v) is 25.6. The van der Waals surface area contributed by atoms with Gasteiger partial charge in [0, 0.05) is 131 Å². The van der Waals surface area contributed by atoms with Crippen LogP contribution in [0.25, 0.3) is 0 Å². The monoisotopic (exact) mass is 1280 g/mol. The highest BCUT2D eigenvalue weighted by atomic mass is 35.5. The molecule has 0 bridgehead atoms. The number of carbonyl (C=O) groups excluding carboxylic acids is 2. The number of carbonyl (C=O) groups is 2. The number of nitrogens with zero attached hydrogens (tertiary/aromatic N) is 6. The smallest absolute Gasteiger partial charge is 0.314 e. The van der Waals surface area contributed by atoms with Gasteiger partial charge in [0.2, 0.25) is 0 Å². The number of hydrogen-bond acceptors (Lipinski definition) is 14. The lowest BCUT2D eigenvalue weighted by atomic mass is 10.1. The first-order valence-electron chi connectivity index (χ1n) is 28.5. The molecule has 26 heteroatoms. The second kappa shape index (κ2) is 31.1. The van der Waals surface area contributed by atoms with Crippen LogP contribution in [0.2, 0.25) is 20.1 Å². The van der Waals surface area contributed by atoms with Crippen molar-refractivity contribution in [3.05, 3.63) is 114 Å². The average Bonchev–Trinajstić information content (AvgIpc) is 3.25. The number of benzene rings is 4. The van der Waals surface area contributed by atoms with Gasteiger partial charge < -0.3 is 59.1 Å². The molecule has 2 unspecified atom stereocenters. The molecule has 462 valence electrons. The minimum absolute atomic E-state index is 0.0403. The van der Waals surface area contributed by atoms with Crippen LogP contribution in [-0.4, -0.2) is 193 Å². The summed E-state index contributed by atoms with van der Waals surface area (Å²) in [6, 6.07) is 17.3. The van der Waals surface area contributed by atoms with Gasteiger partial charge in [-0.2, -0.15) is 0 Å². The highest BCUT2D eigenvalue weighted by molar-refractivity contribution is 7.81. The highest BCUT2D eigenvalue weighted by Gasteiger charge is 2.40. The van der Waals surface area contributed by atoms with E-state index in [1.54, 1.807) is 24.3 Å². The standard InChI is InChI=1S/C58H80Cl4N10O10S2/c1-37-27-41(9-11-53(37)81-55-47-29-39(59)31-49(61)45(47)33-51(55)67(3)4)71(83(75)76)43-13-19-69(35-43)21-25-79-23-17-65-57(73)63-15-7-8-16-64-58(74)66-18-24-80-26-22-70-20-14-44(36-70)72(84(77)78)42-10-12-54(38(2)28-42)82-56-48-30-40(60)32-50(62)46(48)34-52(56)68(5)6/h9-12,27-32,43-44,51-52,55-56H,7-8,13-26,33-36H2,1-6H3,(H,75,76)(H,77,78)(H2,63,65,73)(H2,64,66,74)/p-2/t43-,44-,51+,52+,55+,56+/m1/s1. The van der Waals surface area contributed by atoms with Gasteiger partial charge in [0.25, 0.3) is 0 Å². The molecule has 0 radical (unpaired) electrons. The predicted molar refractivity (Wildman–Crippen MR) is 331 cm³/mol. The number of amides is 4. The zero-order chi connectivity index (χ0) is 60.2. The van der Waals surface area contributed by atoms with Gasteiger partial charge >= 0.3 is 12.1 Å². The van der Waals surface area contributed by atoms with E-state index in [1.165, 1.54) is 8.61 Å². The van der Waals surface area contributed by atoms with Crippen LogP contribution in [0.1, 0.15) is 71.3 Å². The van der Waals surface area contributed by atoms with Gasteiger partial charge in [0.1, 0.15) is 23.7 Å². The number of likely N-dealkylation sites (N-methyl/N-ethyl adjacent to an activating group) is 2. The molecule has 4 aromatic carbocycles.